The van der Waals surface area contributed by atoms with Crippen LogP contribution in [0.4, 0.5) is 0 Å². The summed E-state index contributed by atoms with van der Waals surface area (Å²) in [6.45, 7) is 4.15. The van der Waals surface area contributed by atoms with Crippen LogP contribution in [-0.2, 0) is 0 Å². The van der Waals surface area contributed by atoms with Gasteiger partial charge in [-0.25, -0.2) is 4.98 Å². The molecule has 0 radical (unpaired) electrons. The minimum atomic E-state index is 0.320. The zero-order chi connectivity index (χ0) is 11.7. The average molecular weight is 271 g/mol. The van der Waals surface area contributed by atoms with Crippen molar-refractivity contribution in [1.82, 2.24) is 9.97 Å². The van der Waals surface area contributed by atoms with Crippen molar-refractivity contribution in [2.45, 2.75) is 19.8 Å². The Balaban J connectivity index is 2.58. The van der Waals surface area contributed by atoms with E-state index in [4.69, 9.17) is 23.8 Å². The molecular weight excluding hydrogens is 260 g/mol. The standard InChI is InChI=1S/C11H11ClN2S2/c1-6(2)11-13-8(5-9(15)14-11)10-7(12)3-4-16-10/h3-6H,1-2H3,(H,13,14,15). The van der Waals surface area contributed by atoms with Crippen LogP contribution in [0.5, 0.6) is 0 Å². The van der Waals surface area contributed by atoms with Crippen LogP contribution in [0.15, 0.2) is 17.5 Å². The van der Waals surface area contributed by atoms with E-state index < -0.39 is 0 Å². The molecule has 1 N–H and O–H groups in total. The molecule has 0 spiro atoms. The molecule has 0 fully saturated rings. The van der Waals surface area contributed by atoms with Crippen molar-refractivity contribution in [3.8, 4) is 10.6 Å². The Kier molecular flexibility index (Phi) is 3.42. The third kappa shape index (κ3) is 2.34. The molecular formula is C11H11ClN2S2. The van der Waals surface area contributed by atoms with Crippen LogP contribution in [0.3, 0.4) is 0 Å². The van der Waals surface area contributed by atoms with E-state index >= 15 is 0 Å². The molecule has 0 amide bonds. The number of aromatic nitrogens is 2. The molecule has 0 saturated heterocycles. The van der Waals surface area contributed by atoms with Gasteiger partial charge in [-0.2, -0.15) is 0 Å². The zero-order valence-corrected chi connectivity index (χ0v) is 11.3. The van der Waals surface area contributed by atoms with Gasteiger partial charge in [0, 0.05) is 5.92 Å². The second-order valence-electron chi connectivity index (χ2n) is 3.77. The topological polar surface area (TPSA) is 28.7 Å². The summed E-state index contributed by atoms with van der Waals surface area (Å²) in [5.74, 6) is 1.22. The first kappa shape index (κ1) is 11.8. The fourth-order valence-corrected chi connectivity index (χ4v) is 2.71. The van der Waals surface area contributed by atoms with Gasteiger partial charge in [-0.1, -0.05) is 37.7 Å². The number of halogens is 1. The highest BCUT2D eigenvalue weighted by Gasteiger charge is 2.09. The Morgan fingerprint density at radius 3 is 2.81 bits per heavy atom. The molecule has 2 aromatic heterocycles. The summed E-state index contributed by atoms with van der Waals surface area (Å²) in [6, 6.07) is 3.73. The lowest BCUT2D eigenvalue weighted by Crippen LogP contribution is -1.98. The smallest absolute Gasteiger partial charge is 0.130 e. The van der Waals surface area contributed by atoms with Gasteiger partial charge in [0.15, 0.2) is 0 Å². The lowest BCUT2D eigenvalue weighted by Gasteiger charge is -2.07. The van der Waals surface area contributed by atoms with E-state index in [0.717, 1.165) is 21.4 Å². The first-order chi connectivity index (χ1) is 7.58. The number of hydrogen-bond donors (Lipinski definition) is 1. The van der Waals surface area contributed by atoms with Gasteiger partial charge in [-0.05, 0) is 17.5 Å². The van der Waals surface area contributed by atoms with E-state index in [-0.39, 0.29) is 0 Å². The van der Waals surface area contributed by atoms with Crippen LogP contribution in [0.25, 0.3) is 10.6 Å². The fraction of sp³-hybridized carbons (Fsp3) is 0.273. The summed E-state index contributed by atoms with van der Waals surface area (Å²) in [5, 5.41) is 2.71. The number of nitrogens with one attached hydrogen (secondary N) is 1. The molecule has 0 aromatic carbocycles. The van der Waals surface area contributed by atoms with Crippen LogP contribution in [0.1, 0.15) is 25.6 Å². The normalized spacial score (nSPS) is 11.0. The first-order valence-electron chi connectivity index (χ1n) is 4.92. The Labute approximate surface area is 108 Å². The van der Waals surface area contributed by atoms with Crippen LogP contribution in [0.2, 0.25) is 5.02 Å². The highest BCUT2D eigenvalue weighted by molar-refractivity contribution is 7.71. The minimum absolute atomic E-state index is 0.320. The summed E-state index contributed by atoms with van der Waals surface area (Å²) in [4.78, 5) is 8.58. The van der Waals surface area contributed by atoms with Gasteiger partial charge in [0.2, 0.25) is 0 Å². The monoisotopic (exact) mass is 270 g/mol. The van der Waals surface area contributed by atoms with Crippen LogP contribution in [0, 0.1) is 4.64 Å². The first-order valence-corrected chi connectivity index (χ1v) is 6.59. The highest BCUT2D eigenvalue weighted by Crippen LogP contribution is 2.32. The van der Waals surface area contributed by atoms with Crippen LogP contribution >= 0.6 is 35.2 Å². The summed E-state index contributed by atoms with van der Waals surface area (Å²) in [6.07, 6.45) is 0. The van der Waals surface area contributed by atoms with E-state index in [9.17, 15) is 0 Å². The third-order valence-electron chi connectivity index (χ3n) is 2.17. The number of thiophene rings is 1. The molecule has 0 atom stereocenters. The lowest BCUT2D eigenvalue weighted by atomic mass is 10.2. The van der Waals surface area contributed by atoms with Crippen molar-refractivity contribution >= 4 is 35.2 Å². The second kappa shape index (κ2) is 4.65. The van der Waals surface area contributed by atoms with Crippen molar-refractivity contribution in [1.29, 1.82) is 0 Å². The largest absolute Gasteiger partial charge is 0.342 e. The molecule has 2 aromatic rings. The average Bonchev–Trinajstić information content (AvgIpc) is 2.63. The molecule has 16 heavy (non-hydrogen) atoms. The predicted octanol–water partition coefficient (Wildman–Crippen LogP) is 4.64. The van der Waals surface area contributed by atoms with Gasteiger partial charge >= 0.3 is 0 Å². The number of nitrogens with zero attached hydrogens (tertiary/aromatic N) is 1. The molecule has 2 heterocycles. The molecule has 0 bridgehead atoms. The highest BCUT2D eigenvalue weighted by atomic mass is 35.5. The van der Waals surface area contributed by atoms with Gasteiger partial charge in [0.05, 0.1) is 15.6 Å². The third-order valence-corrected chi connectivity index (χ3v) is 3.75. The lowest BCUT2D eigenvalue weighted by molar-refractivity contribution is 0.773. The maximum Gasteiger partial charge on any atom is 0.130 e. The van der Waals surface area contributed by atoms with E-state index in [2.05, 4.69) is 23.8 Å². The van der Waals surface area contributed by atoms with Crippen LogP contribution in [-0.4, -0.2) is 9.97 Å². The molecule has 0 aliphatic rings. The van der Waals surface area contributed by atoms with Gasteiger partial charge < -0.3 is 4.98 Å². The summed E-state index contributed by atoms with van der Waals surface area (Å²) >= 11 is 12.8. The van der Waals surface area contributed by atoms with Crippen molar-refractivity contribution in [2.24, 2.45) is 0 Å². The quantitative estimate of drug-likeness (QED) is 0.805. The Hall–Kier alpha value is -0.710. The number of H-pyrrole nitrogens is 1. The molecule has 0 saturated carbocycles. The maximum atomic E-state index is 6.09. The van der Waals surface area contributed by atoms with Gasteiger partial charge in [0.1, 0.15) is 10.5 Å². The van der Waals surface area contributed by atoms with Crippen molar-refractivity contribution < 1.29 is 0 Å². The Morgan fingerprint density at radius 2 is 2.25 bits per heavy atom. The van der Waals surface area contributed by atoms with E-state index in [0.29, 0.717) is 10.6 Å². The molecule has 0 aliphatic heterocycles. The number of rotatable bonds is 2. The summed E-state index contributed by atoms with van der Waals surface area (Å²) in [5.41, 5.74) is 0.948. The predicted molar refractivity (Wildman–Crippen MR) is 71.8 cm³/mol. The summed E-state index contributed by atoms with van der Waals surface area (Å²) < 4.78 is 0.599. The summed E-state index contributed by atoms with van der Waals surface area (Å²) in [7, 11) is 0. The molecule has 2 rings (SSSR count). The van der Waals surface area contributed by atoms with Gasteiger partial charge in [-0.3, -0.25) is 0 Å². The molecule has 5 heteroatoms. The van der Waals surface area contributed by atoms with Gasteiger partial charge in [-0.15, -0.1) is 11.3 Å². The Bertz CT molecular complexity index is 557. The van der Waals surface area contributed by atoms with Gasteiger partial charge in [0.25, 0.3) is 0 Å². The zero-order valence-electron chi connectivity index (χ0n) is 8.95. The second-order valence-corrected chi connectivity index (χ2v) is 5.51. The van der Waals surface area contributed by atoms with Crippen molar-refractivity contribution in [3.63, 3.8) is 0 Å². The van der Waals surface area contributed by atoms with Crippen molar-refractivity contribution in [2.75, 3.05) is 0 Å². The van der Waals surface area contributed by atoms with E-state index in [1.54, 1.807) is 11.3 Å². The molecule has 84 valence electrons. The molecule has 2 nitrogen and oxygen atoms in total. The van der Waals surface area contributed by atoms with Crippen molar-refractivity contribution in [3.05, 3.63) is 33.0 Å². The Morgan fingerprint density at radius 1 is 1.50 bits per heavy atom. The maximum absolute atomic E-state index is 6.09. The van der Waals surface area contributed by atoms with E-state index in [1.807, 2.05) is 17.5 Å². The fourth-order valence-electron chi connectivity index (χ4n) is 1.36. The minimum Gasteiger partial charge on any atom is -0.342 e. The molecule has 0 unspecified atom stereocenters. The number of hydrogen-bond acceptors (Lipinski definition) is 3. The molecule has 0 aliphatic carbocycles. The van der Waals surface area contributed by atoms with E-state index in [1.165, 1.54) is 0 Å². The number of aromatic amines is 1. The SMILES string of the molecule is CC(C)c1nc(=S)cc(-c2sccc2Cl)[nH]1. The van der Waals surface area contributed by atoms with Crippen LogP contribution < -0.4 is 0 Å².